The number of hydrogen-bond acceptors (Lipinski definition) is 4. The molecule has 3 N–H and O–H groups in total. The molecule has 1 atom stereocenters. The highest BCUT2D eigenvalue weighted by molar-refractivity contribution is 5.68. The highest BCUT2D eigenvalue weighted by Gasteiger charge is 2.21. The molecule has 1 rings (SSSR count). The third kappa shape index (κ3) is 4.90. The number of nitrogens with two attached hydrogens (primary N) is 1. The average molecular weight is 268 g/mol. The van der Waals surface area contributed by atoms with Crippen molar-refractivity contribution in [2.75, 3.05) is 6.54 Å². The van der Waals surface area contributed by atoms with Crippen molar-refractivity contribution in [3.8, 4) is 0 Å². The molecule has 1 unspecified atom stereocenters. The van der Waals surface area contributed by atoms with Crippen LogP contribution in [0.15, 0.2) is 12.5 Å². The molecule has 0 aliphatic heterocycles. The minimum Gasteiger partial charge on any atom is -0.444 e. The topological polar surface area (TPSA) is 82.2 Å². The van der Waals surface area contributed by atoms with Gasteiger partial charge in [-0.3, -0.25) is 0 Å². The zero-order chi connectivity index (χ0) is 14.5. The van der Waals surface area contributed by atoms with Crippen LogP contribution in [-0.2, 0) is 11.3 Å². The van der Waals surface area contributed by atoms with Crippen LogP contribution < -0.4 is 11.1 Å². The molecule has 6 nitrogen and oxygen atoms in total. The molecule has 6 heteroatoms. The number of imidazole rings is 1. The van der Waals surface area contributed by atoms with Gasteiger partial charge in [0.05, 0.1) is 24.3 Å². The summed E-state index contributed by atoms with van der Waals surface area (Å²) in [7, 11) is 0. The van der Waals surface area contributed by atoms with E-state index in [4.69, 9.17) is 10.5 Å². The van der Waals surface area contributed by atoms with Gasteiger partial charge in [0.1, 0.15) is 5.60 Å². The Morgan fingerprint density at radius 3 is 2.79 bits per heavy atom. The highest BCUT2D eigenvalue weighted by atomic mass is 16.6. The van der Waals surface area contributed by atoms with Gasteiger partial charge in [0, 0.05) is 13.1 Å². The van der Waals surface area contributed by atoms with Crippen molar-refractivity contribution in [2.24, 2.45) is 5.73 Å². The molecule has 1 heterocycles. The SMILES string of the molecule is CCCn1cncc1C(CN)NC(=O)OC(C)(C)C. The maximum atomic E-state index is 11.8. The molecule has 1 aromatic heterocycles. The van der Waals surface area contributed by atoms with Crippen LogP contribution in [0.4, 0.5) is 4.79 Å². The van der Waals surface area contributed by atoms with E-state index in [0.29, 0.717) is 6.54 Å². The van der Waals surface area contributed by atoms with Crippen molar-refractivity contribution in [1.82, 2.24) is 14.9 Å². The number of amides is 1. The zero-order valence-corrected chi connectivity index (χ0v) is 12.1. The molecule has 0 spiro atoms. The number of nitrogens with zero attached hydrogens (tertiary/aromatic N) is 2. The summed E-state index contributed by atoms with van der Waals surface area (Å²) in [4.78, 5) is 15.9. The fourth-order valence-electron chi connectivity index (χ4n) is 1.75. The number of carbonyl (C=O) groups is 1. The Balaban J connectivity index is 2.72. The first-order valence-electron chi connectivity index (χ1n) is 6.57. The Labute approximate surface area is 114 Å². The quantitative estimate of drug-likeness (QED) is 0.853. The molecule has 1 aromatic rings. The summed E-state index contributed by atoms with van der Waals surface area (Å²) in [6.07, 6.45) is 4.00. The third-order valence-corrected chi connectivity index (χ3v) is 2.49. The summed E-state index contributed by atoms with van der Waals surface area (Å²) in [5.74, 6) is 0. The molecule has 0 aliphatic carbocycles. The minimum atomic E-state index is -0.521. The maximum Gasteiger partial charge on any atom is 0.408 e. The van der Waals surface area contributed by atoms with E-state index in [-0.39, 0.29) is 6.04 Å². The molecule has 0 aromatic carbocycles. The van der Waals surface area contributed by atoms with Gasteiger partial charge in [0.25, 0.3) is 0 Å². The first kappa shape index (κ1) is 15.5. The lowest BCUT2D eigenvalue weighted by Crippen LogP contribution is -2.38. The van der Waals surface area contributed by atoms with Gasteiger partial charge in [-0.15, -0.1) is 0 Å². The summed E-state index contributed by atoms with van der Waals surface area (Å²) in [6, 6.07) is -0.288. The number of rotatable bonds is 5. The molecular formula is C13H24N4O2. The van der Waals surface area contributed by atoms with E-state index >= 15 is 0 Å². The summed E-state index contributed by atoms with van der Waals surface area (Å²) in [6.45, 7) is 8.71. The van der Waals surface area contributed by atoms with Crippen molar-refractivity contribution < 1.29 is 9.53 Å². The first-order chi connectivity index (χ1) is 8.87. The average Bonchev–Trinajstić information content (AvgIpc) is 2.72. The smallest absolute Gasteiger partial charge is 0.408 e. The second kappa shape index (κ2) is 6.56. The molecule has 0 fully saturated rings. The fraction of sp³-hybridized carbons (Fsp3) is 0.692. The Hall–Kier alpha value is -1.56. The normalized spacial score (nSPS) is 13.1. The van der Waals surface area contributed by atoms with Crippen LogP contribution in [-0.4, -0.2) is 27.8 Å². The molecule has 0 aliphatic rings. The van der Waals surface area contributed by atoms with Crippen LogP contribution in [0.3, 0.4) is 0 Å². The van der Waals surface area contributed by atoms with Crippen molar-refractivity contribution in [3.63, 3.8) is 0 Å². The first-order valence-corrected chi connectivity index (χ1v) is 6.57. The van der Waals surface area contributed by atoms with Crippen molar-refractivity contribution in [2.45, 2.75) is 52.3 Å². The van der Waals surface area contributed by atoms with E-state index in [0.717, 1.165) is 18.7 Å². The number of ether oxygens (including phenoxy) is 1. The van der Waals surface area contributed by atoms with Gasteiger partial charge in [-0.05, 0) is 27.2 Å². The lowest BCUT2D eigenvalue weighted by atomic mass is 10.2. The van der Waals surface area contributed by atoms with E-state index in [1.807, 2.05) is 25.3 Å². The fourth-order valence-corrected chi connectivity index (χ4v) is 1.75. The van der Waals surface area contributed by atoms with Crippen LogP contribution in [0.1, 0.15) is 45.9 Å². The van der Waals surface area contributed by atoms with Crippen LogP contribution in [0, 0.1) is 0 Å². The molecule has 0 saturated carbocycles. The molecule has 19 heavy (non-hydrogen) atoms. The van der Waals surface area contributed by atoms with Crippen LogP contribution in [0.25, 0.3) is 0 Å². The van der Waals surface area contributed by atoms with E-state index < -0.39 is 11.7 Å². The van der Waals surface area contributed by atoms with Crippen molar-refractivity contribution >= 4 is 6.09 Å². The zero-order valence-electron chi connectivity index (χ0n) is 12.1. The molecule has 0 saturated heterocycles. The lowest BCUT2D eigenvalue weighted by molar-refractivity contribution is 0.0503. The van der Waals surface area contributed by atoms with E-state index in [1.165, 1.54) is 0 Å². The molecule has 1 amide bonds. The van der Waals surface area contributed by atoms with Gasteiger partial charge in [-0.2, -0.15) is 0 Å². The van der Waals surface area contributed by atoms with E-state index in [2.05, 4.69) is 17.2 Å². The van der Waals surface area contributed by atoms with Crippen LogP contribution >= 0.6 is 0 Å². The Morgan fingerprint density at radius 1 is 1.58 bits per heavy atom. The summed E-state index contributed by atoms with van der Waals surface area (Å²) in [5, 5.41) is 2.78. The third-order valence-electron chi connectivity index (χ3n) is 2.49. The summed E-state index contributed by atoms with van der Waals surface area (Å²) < 4.78 is 7.23. The van der Waals surface area contributed by atoms with Crippen LogP contribution in [0.2, 0.25) is 0 Å². The molecule has 108 valence electrons. The van der Waals surface area contributed by atoms with Crippen molar-refractivity contribution in [3.05, 3.63) is 18.2 Å². The van der Waals surface area contributed by atoms with Crippen molar-refractivity contribution in [1.29, 1.82) is 0 Å². The standard InChI is InChI=1S/C13H24N4O2/c1-5-6-17-9-15-8-11(17)10(7-14)16-12(18)19-13(2,3)4/h8-10H,5-7,14H2,1-4H3,(H,16,18). The minimum absolute atomic E-state index is 0.288. The number of alkyl carbamates (subject to hydrolysis) is 1. The van der Waals surface area contributed by atoms with Gasteiger partial charge >= 0.3 is 6.09 Å². The lowest BCUT2D eigenvalue weighted by Gasteiger charge is -2.23. The molecule has 0 bridgehead atoms. The van der Waals surface area contributed by atoms with Gasteiger partial charge in [-0.1, -0.05) is 6.92 Å². The monoisotopic (exact) mass is 268 g/mol. The Bertz CT molecular complexity index is 409. The van der Waals surface area contributed by atoms with Gasteiger partial charge < -0.3 is 20.4 Å². The molecule has 0 radical (unpaired) electrons. The van der Waals surface area contributed by atoms with Gasteiger partial charge in [0.2, 0.25) is 0 Å². The summed E-state index contributed by atoms with van der Waals surface area (Å²) in [5.41, 5.74) is 6.11. The van der Waals surface area contributed by atoms with E-state index in [1.54, 1.807) is 12.5 Å². The van der Waals surface area contributed by atoms with E-state index in [9.17, 15) is 4.79 Å². The van der Waals surface area contributed by atoms with Gasteiger partial charge in [-0.25, -0.2) is 9.78 Å². The second-order valence-electron chi connectivity index (χ2n) is 5.45. The number of hydrogen-bond donors (Lipinski definition) is 2. The van der Waals surface area contributed by atoms with Crippen LogP contribution in [0.5, 0.6) is 0 Å². The number of nitrogens with one attached hydrogen (secondary N) is 1. The molecular weight excluding hydrogens is 244 g/mol. The Morgan fingerprint density at radius 2 is 2.26 bits per heavy atom. The largest absolute Gasteiger partial charge is 0.444 e. The second-order valence-corrected chi connectivity index (χ2v) is 5.45. The predicted molar refractivity (Wildman–Crippen MR) is 73.7 cm³/mol. The highest BCUT2D eigenvalue weighted by Crippen LogP contribution is 2.14. The Kier molecular flexibility index (Phi) is 5.35. The summed E-state index contributed by atoms with van der Waals surface area (Å²) >= 11 is 0. The van der Waals surface area contributed by atoms with Gasteiger partial charge in [0.15, 0.2) is 0 Å². The maximum absolute atomic E-state index is 11.8. The number of carbonyl (C=O) groups excluding carboxylic acids is 1. The predicted octanol–water partition coefficient (Wildman–Crippen LogP) is 1.82. The number of aryl methyl sites for hydroxylation is 1. The number of aromatic nitrogens is 2.